The molecular weight excluding hydrogens is 270 g/mol. The molecule has 0 aliphatic heterocycles. The Bertz CT molecular complexity index is 368. The number of hydrogen-bond donors (Lipinski definition) is 1. The van der Waals surface area contributed by atoms with Gasteiger partial charge in [0, 0.05) is 13.0 Å². The molecule has 0 saturated carbocycles. The van der Waals surface area contributed by atoms with Crippen LogP contribution < -0.4 is 5.32 Å². The summed E-state index contributed by atoms with van der Waals surface area (Å²) in [6, 6.07) is 0. The van der Waals surface area contributed by atoms with Gasteiger partial charge in [0.05, 0.1) is 0 Å². The minimum Gasteiger partial charge on any atom is -0.316 e. The maximum atomic E-state index is 12.9. The largest absolute Gasteiger partial charge is 0.359 e. The monoisotopic (exact) mass is 285 g/mol. The molecule has 0 aromatic carbocycles. The minimum atomic E-state index is -4.21. The summed E-state index contributed by atoms with van der Waals surface area (Å²) in [6.07, 6.45) is -3.35. The zero-order chi connectivity index (χ0) is 13.8. The van der Waals surface area contributed by atoms with Gasteiger partial charge in [-0.3, -0.25) is 0 Å². The van der Waals surface area contributed by atoms with Gasteiger partial charge in [-0.25, -0.2) is 8.78 Å². The molecule has 1 aromatic rings. The molecule has 1 heterocycles. The van der Waals surface area contributed by atoms with Crippen LogP contribution in [0.25, 0.3) is 0 Å². The lowest BCUT2D eigenvalue weighted by atomic mass is 10.2. The smallest absolute Gasteiger partial charge is 0.316 e. The van der Waals surface area contributed by atoms with Crippen LogP contribution in [0.3, 0.4) is 0 Å². The van der Waals surface area contributed by atoms with Gasteiger partial charge < -0.3 is 5.32 Å². The van der Waals surface area contributed by atoms with E-state index in [1.165, 1.54) is 0 Å². The van der Waals surface area contributed by atoms with E-state index in [4.69, 9.17) is 0 Å². The predicted octanol–water partition coefficient (Wildman–Crippen LogP) is 2.68. The first-order valence-electron chi connectivity index (χ1n) is 5.53. The fraction of sp³-hybridized carbons (Fsp3) is 0.800. The highest BCUT2D eigenvalue weighted by molar-refractivity contribution is 7.11. The van der Waals surface area contributed by atoms with Gasteiger partial charge in [-0.05, 0) is 12.5 Å². The highest BCUT2D eigenvalue weighted by Crippen LogP contribution is 2.36. The predicted molar refractivity (Wildman–Crippen MR) is 61.2 cm³/mol. The standard InChI is InChI=1S/C10H15F4N3S/c1-6(2)5-15-4-3-7-16-17-9(18-7)10(13,14)8(11)12/h6,8,15H,3-5H2,1-2H3. The van der Waals surface area contributed by atoms with Crippen molar-refractivity contribution in [1.82, 2.24) is 15.5 Å². The average Bonchev–Trinajstić information content (AvgIpc) is 2.73. The van der Waals surface area contributed by atoms with Crippen molar-refractivity contribution in [2.24, 2.45) is 5.92 Å². The van der Waals surface area contributed by atoms with Crippen LogP contribution in [0, 0.1) is 5.92 Å². The summed E-state index contributed by atoms with van der Waals surface area (Å²) in [4.78, 5) is 0. The molecular formula is C10H15F4N3S. The van der Waals surface area contributed by atoms with Crippen LogP contribution in [0.1, 0.15) is 23.9 Å². The number of hydrogen-bond acceptors (Lipinski definition) is 4. The lowest BCUT2D eigenvalue weighted by Crippen LogP contribution is -2.23. The molecule has 0 bridgehead atoms. The van der Waals surface area contributed by atoms with Crippen LogP contribution >= 0.6 is 11.3 Å². The molecule has 18 heavy (non-hydrogen) atoms. The molecule has 0 unspecified atom stereocenters. The molecule has 0 fully saturated rings. The summed E-state index contributed by atoms with van der Waals surface area (Å²) < 4.78 is 50.0. The molecule has 0 radical (unpaired) electrons. The Hall–Kier alpha value is -0.760. The first-order valence-corrected chi connectivity index (χ1v) is 6.35. The lowest BCUT2D eigenvalue weighted by molar-refractivity contribution is -0.135. The van der Waals surface area contributed by atoms with Crippen molar-refractivity contribution >= 4 is 11.3 Å². The maximum Gasteiger partial charge on any atom is 0.359 e. The second kappa shape index (κ2) is 6.42. The quantitative estimate of drug-likeness (QED) is 0.618. The molecule has 0 spiro atoms. The summed E-state index contributed by atoms with van der Waals surface area (Å²) in [5.41, 5.74) is 0. The van der Waals surface area contributed by atoms with E-state index in [-0.39, 0.29) is 0 Å². The van der Waals surface area contributed by atoms with Crippen molar-refractivity contribution < 1.29 is 17.6 Å². The summed E-state index contributed by atoms with van der Waals surface area (Å²) in [7, 11) is 0. The van der Waals surface area contributed by atoms with Crippen molar-refractivity contribution in [1.29, 1.82) is 0 Å². The normalized spacial score (nSPS) is 12.7. The summed E-state index contributed by atoms with van der Waals surface area (Å²) in [5, 5.41) is 9.15. The van der Waals surface area contributed by atoms with Gasteiger partial charge in [0.2, 0.25) is 0 Å². The Balaban J connectivity index is 2.49. The molecule has 1 N–H and O–H groups in total. The fourth-order valence-electron chi connectivity index (χ4n) is 1.17. The van der Waals surface area contributed by atoms with Gasteiger partial charge in [0.15, 0.2) is 5.01 Å². The SMILES string of the molecule is CC(C)CNCCc1nnc(C(F)(F)C(F)F)s1. The maximum absolute atomic E-state index is 12.9. The fourth-order valence-corrected chi connectivity index (χ4v) is 1.98. The van der Waals surface area contributed by atoms with E-state index in [2.05, 4.69) is 15.5 Å². The van der Waals surface area contributed by atoms with Gasteiger partial charge in [-0.1, -0.05) is 25.2 Å². The van der Waals surface area contributed by atoms with Crippen LogP contribution in [-0.4, -0.2) is 29.7 Å². The zero-order valence-corrected chi connectivity index (χ0v) is 10.9. The number of aromatic nitrogens is 2. The Kier molecular flexibility index (Phi) is 5.46. The molecule has 104 valence electrons. The van der Waals surface area contributed by atoms with E-state index in [9.17, 15) is 17.6 Å². The summed E-state index contributed by atoms with van der Waals surface area (Å²) in [6.45, 7) is 5.45. The number of alkyl halides is 4. The Labute approximate surface area is 107 Å². The molecule has 1 rings (SSSR count). The Morgan fingerprint density at radius 2 is 1.94 bits per heavy atom. The van der Waals surface area contributed by atoms with Gasteiger partial charge in [0.25, 0.3) is 0 Å². The van der Waals surface area contributed by atoms with E-state index in [1.54, 1.807) is 0 Å². The molecule has 3 nitrogen and oxygen atoms in total. The van der Waals surface area contributed by atoms with Gasteiger partial charge in [-0.15, -0.1) is 10.2 Å². The summed E-state index contributed by atoms with van der Waals surface area (Å²) >= 11 is 0.535. The molecule has 0 aliphatic carbocycles. The van der Waals surface area contributed by atoms with Crippen molar-refractivity contribution in [2.45, 2.75) is 32.6 Å². The second-order valence-electron chi connectivity index (χ2n) is 4.27. The first-order chi connectivity index (χ1) is 8.34. The number of nitrogens with zero attached hydrogens (tertiary/aromatic N) is 2. The highest BCUT2D eigenvalue weighted by Gasteiger charge is 2.46. The zero-order valence-electron chi connectivity index (χ0n) is 10.1. The number of halogens is 4. The molecule has 0 aliphatic rings. The number of rotatable bonds is 7. The second-order valence-corrected chi connectivity index (χ2v) is 5.33. The van der Waals surface area contributed by atoms with Crippen LogP contribution in [0.4, 0.5) is 17.6 Å². The van der Waals surface area contributed by atoms with E-state index < -0.39 is 17.4 Å². The molecule has 8 heteroatoms. The van der Waals surface area contributed by atoms with E-state index in [0.717, 1.165) is 6.54 Å². The average molecular weight is 285 g/mol. The van der Waals surface area contributed by atoms with Gasteiger partial charge >= 0.3 is 12.3 Å². The van der Waals surface area contributed by atoms with Gasteiger partial charge in [0.1, 0.15) is 5.01 Å². The Morgan fingerprint density at radius 3 is 2.50 bits per heavy atom. The van der Waals surface area contributed by atoms with E-state index in [0.29, 0.717) is 35.2 Å². The van der Waals surface area contributed by atoms with E-state index in [1.807, 2.05) is 13.8 Å². The third kappa shape index (κ3) is 4.16. The highest BCUT2D eigenvalue weighted by atomic mass is 32.1. The van der Waals surface area contributed by atoms with Crippen LogP contribution in [-0.2, 0) is 12.3 Å². The number of nitrogens with one attached hydrogen (secondary N) is 1. The van der Waals surface area contributed by atoms with Crippen molar-refractivity contribution in [2.75, 3.05) is 13.1 Å². The van der Waals surface area contributed by atoms with Crippen LogP contribution in [0.2, 0.25) is 0 Å². The minimum absolute atomic E-state index is 0.335. The summed E-state index contributed by atoms with van der Waals surface area (Å²) in [5.74, 6) is -3.72. The Morgan fingerprint density at radius 1 is 1.28 bits per heavy atom. The molecule has 0 atom stereocenters. The third-order valence-electron chi connectivity index (χ3n) is 2.09. The van der Waals surface area contributed by atoms with Crippen molar-refractivity contribution in [3.05, 3.63) is 10.0 Å². The molecule has 1 aromatic heterocycles. The lowest BCUT2D eigenvalue weighted by Gasteiger charge is -2.10. The van der Waals surface area contributed by atoms with Gasteiger partial charge in [-0.2, -0.15) is 8.78 Å². The molecule has 0 amide bonds. The van der Waals surface area contributed by atoms with Crippen molar-refractivity contribution in [3.8, 4) is 0 Å². The van der Waals surface area contributed by atoms with Crippen LogP contribution in [0.15, 0.2) is 0 Å². The molecule has 0 saturated heterocycles. The van der Waals surface area contributed by atoms with E-state index >= 15 is 0 Å². The first kappa shape index (κ1) is 15.3. The topological polar surface area (TPSA) is 37.8 Å². The van der Waals surface area contributed by atoms with Crippen molar-refractivity contribution in [3.63, 3.8) is 0 Å². The van der Waals surface area contributed by atoms with Crippen LogP contribution in [0.5, 0.6) is 0 Å². The third-order valence-corrected chi connectivity index (χ3v) is 3.16.